The van der Waals surface area contributed by atoms with E-state index in [1.165, 1.54) is 0 Å². The molecular weight excluding hydrogens is 166 g/mol. The molecule has 0 aliphatic rings. The summed E-state index contributed by atoms with van der Waals surface area (Å²) >= 11 is 0. The molecule has 1 heterocycles. The van der Waals surface area contributed by atoms with Crippen LogP contribution in [0.5, 0.6) is 0 Å². The van der Waals surface area contributed by atoms with E-state index in [0.29, 0.717) is 18.1 Å². The van der Waals surface area contributed by atoms with Crippen LogP contribution in [0.1, 0.15) is 30.2 Å². The minimum Gasteiger partial charge on any atom is -0.456 e. The van der Waals surface area contributed by atoms with Gasteiger partial charge >= 0.3 is 0 Å². The summed E-state index contributed by atoms with van der Waals surface area (Å²) in [4.78, 5) is 11.4. The van der Waals surface area contributed by atoms with Gasteiger partial charge in [-0.2, -0.15) is 0 Å². The molecule has 0 aromatic carbocycles. The van der Waals surface area contributed by atoms with E-state index in [2.05, 4.69) is 0 Å². The van der Waals surface area contributed by atoms with Gasteiger partial charge in [0.2, 0.25) is 5.78 Å². The van der Waals surface area contributed by atoms with Crippen LogP contribution >= 0.6 is 0 Å². The van der Waals surface area contributed by atoms with Crippen molar-refractivity contribution in [2.45, 2.75) is 20.4 Å². The molecule has 1 aromatic heterocycles. The van der Waals surface area contributed by atoms with Gasteiger partial charge in [0.05, 0.1) is 6.54 Å². The Labute approximate surface area is 77.2 Å². The van der Waals surface area contributed by atoms with Gasteiger partial charge in [0, 0.05) is 0 Å². The molecule has 70 valence electrons. The third kappa shape index (κ3) is 2.56. The summed E-state index contributed by atoms with van der Waals surface area (Å²) in [6, 6.07) is 3.36. The maximum atomic E-state index is 11.4. The molecular formula is C10H13NO2. The SMILES string of the molecule is CC(C)=CC(=O)c1ccc(CN)o1. The molecule has 0 radical (unpaired) electrons. The number of carbonyl (C=O) groups is 1. The van der Waals surface area contributed by atoms with Gasteiger partial charge in [0.25, 0.3) is 0 Å². The fourth-order valence-corrected chi connectivity index (χ4v) is 0.953. The van der Waals surface area contributed by atoms with Gasteiger partial charge in [-0.25, -0.2) is 0 Å². The Bertz CT molecular complexity index is 332. The van der Waals surface area contributed by atoms with E-state index in [9.17, 15) is 4.79 Å². The Morgan fingerprint density at radius 3 is 2.69 bits per heavy atom. The van der Waals surface area contributed by atoms with Crippen molar-refractivity contribution < 1.29 is 9.21 Å². The fraction of sp³-hybridized carbons (Fsp3) is 0.300. The Balaban J connectivity index is 2.83. The van der Waals surface area contributed by atoms with Crippen LogP contribution in [-0.4, -0.2) is 5.78 Å². The van der Waals surface area contributed by atoms with Crippen molar-refractivity contribution in [2.75, 3.05) is 0 Å². The maximum absolute atomic E-state index is 11.4. The van der Waals surface area contributed by atoms with Crippen molar-refractivity contribution in [1.82, 2.24) is 0 Å². The molecule has 0 fully saturated rings. The first-order valence-corrected chi connectivity index (χ1v) is 4.11. The number of rotatable bonds is 3. The lowest BCUT2D eigenvalue weighted by Crippen LogP contribution is -1.95. The third-order valence-corrected chi connectivity index (χ3v) is 1.53. The Hall–Kier alpha value is -1.35. The highest BCUT2D eigenvalue weighted by Gasteiger charge is 2.07. The van der Waals surface area contributed by atoms with E-state index in [4.69, 9.17) is 10.2 Å². The fourth-order valence-electron chi connectivity index (χ4n) is 0.953. The second-order valence-corrected chi connectivity index (χ2v) is 3.06. The van der Waals surface area contributed by atoms with E-state index in [1.807, 2.05) is 13.8 Å². The van der Waals surface area contributed by atoms with Crippen LogP contribution in [0, 0.1) is 0 Å². The molecule has 0 atom stereocenters. The van der Waals surface area contributed by atoms with Crippen molar-refractivity contribution in [2.24, 2.45) is 5.73 Å². The normalized spacial score (nSPS) is 9.77. The number of nitrogens with two attached hydrogens (primary N) is 1. The van der Waals surface area contributed by atoms with Crippen LogP contribution in [-0.2, 0) is 6.54 Å². The first kappa shape index (κ1) is 9.74. The lowest BCUT2D eigenvalue weighted by molar-refractivity contribution is 0.101. The first-order chi connectivity index (χ1) is 6.13. The number of furan rings is 1. The van der Waals surface area contributed by atoms with Crippen LogP contribution in [0.15, 0.2) is 28.2 Å². The van der Waals surface area contributed by atoms with Gasteiger partial charge in [-0.05, 0) is 32.1 Å². The second-order valence-electron chi connectivity index (χ2n) is 3.06. The molecule has 0 aliphatic carbocycles. The third-order valence-electron chi connectivity index (χ3n) is 1.53. The van der Waals surface area contributed by atoms with Crippen molar-refractivity contribution in [3.63, 3.8) is 0 Å². The van der Waals surface area contributed by atoms with Crippen LogP contribution in [0.3, 0.4) is 0 Å². The van der Waals surface area contributed by atoms with E-state index in [0.717, 1.165) is 5.57 Å². The minimum atomic E-state index is -0.111. The smallest absolute Gasteiger partial charge is 0.220 e. The van der Waals surface area contributed by atoms with Gasteiger partial charge in [-0.1, -0.05) is 5.57 Å². The lowest BCUT2D eigenvalue weighted by Gasteiger charge is -1.91. The summed E-state index contributed by atoms with van der Waals surface area (Å²) in [5, 5.41) is 0. The number of hydrogen-bond acceptors (Lipinski definition) is 3. The number of ketones is 1. The summed E-state index contributed by atoms with van der Waals surface area (Å²) in [5.74, 6) is 0.867. The van der Waals surface area contributed by atoms with Gasteiger partial charge in [-0.3, -0.25) is 4.79 Å². The summed E-state index contributed by atoms with van der Waals surface area (Å²) in [6.07, 6.45) is 1.54. The van der Waals surface area contributed by atoms with E-state index >= 15 is 0 Å². The average molecular weight is 179 g/mol. The van der Waals surface area contributed by atoms with Gasteiger partial charge < -0.3 is 10.2 Å². The molecule has 0 unspecified atom stereocenters. The number of hydrogen-bond donors (Lipinski definition) is 1. The summed E-state index contributed by atoms with van der Waals surface area (Å²) in [5.41, 5.74) is 6.30. The van der Waals surface area contributed by atoms with Crippen molar-refractivity contribution >= 4 is 5.78 Å². The van der Waals surface area contributed by atoms with Crippen LogP contribution in [0.25, 0.3) is 0 Å². The number of carbonyl (C=O) groups excluding carboxylic acids is 1. The van der Waals surface area contributed by atoms with Gasteiger partial charge in [0.15, 0.2) is 5.76 Å². The predicted molar refractivity (Wildman–Crippen MR) is 50.4 cm³/mol. The molecule has 0 amide bonds. The lowest BCUT2D eigenvalue weighted by atomic mass is 10.2. The standard InChI is InChI=1S/C10H13NO2/c1-7(2)5-9(12)10-4-3-8(6-11)13-10/h3-5H,6,11H2,1-2H3. The molecule has 0 bridgehead atoms. The Kier molecular flexibility index (Phi) is 3.03. The quantitative estimate of drug-likeness (QED) is 0.569. The summed E-state index contributed by atoms with van der Waals surface area (Å²) in [6.45, 7) is 4.05. The molecule has 2 N–H and O–H groups in total. The zero-order chi connectivity index (χ0) is 9.84. The van der Waals surface area contributed by atoms with Crippen LogP contribution < -0.4 is 5.73 Å². The average Bonchev–Trinajstić information content (AvgIpc) is 2.50. The van der Waals surface area contributed by atoms with E-state index in [-0.39, 0.29) is 5.78 Å². The topological polar surface area (TPSA) is 56.2 Å². The maximum Gasteiger partial charge on any atom is 0.220 e. The molecule has 1 aromatic rings. The highest BCUT2D eigenvalue weighted by Crippen LogP contribution is 2.09. The molecule has 0 saturated carbocycles. The zero-order valence-electron chi connectivity index (χ0n) is 7.83. The Morgan fingerprint density at radius 1 is 1.54 bits per heavy atom. The van der Waals surface area contributed by atoms with Crippen molar-refractivity contribution in [3.8, 4) is 0 Å². The van der Waals surface area contributed by atoms with Crippen molar-refractivity contribution in [1.29, 1.82) is 0 Å². The minimum absolute atomic E-state index is 0.111. The predicted octanol–water partition coefficient (Wildman–Crippen LogP) is 1.89. The van der Waals surface area contributed by atoms with Gasteiger partial charge in [-0.15, -0.1) is 0 Å². The summed E-state index contributed by atoms with van der Waals surface area (Å²) in [7, 11) is 0. The highest BCUT2D eigenvalue weighted by molar-refractivity contribution is 6.02. The molecule has 0 saturated heterocycles. The molecule has 3 heteroatoms. The van der Waals surface area contributed by atoms with Crippen LogP contribution in [0.2, 0.25) is 0 Å². The second kappa shape index (κ2) is 4.05. The van der Waals surface area contributed by atoms with E-state index in [1.54, 1.807) is 18.2 Å². The molecule has 0 aliphatic heterocycles. The molecule has 13 heavy (non-hydrogen) atoms. The highest BCUT2D eigenvalue weighted by atomic mass is 16.3. The number of allylic oxidation sites excluding steroid dienone is 2. The van der Waals surface area contributed by atoms with E-state index < -0.39 is 0 Å². The van der Waals surface area contributed by atoms with Crippen molar-refractivity contribution in [3.05, 3.63) is 35.3 Å². The molecule has 3 nitrogen and oxygen atoms in total. The monoisotopic (exact) mass is 179 g/mol. The van der Waals surface area contributed by atoms with Crippen LogP contribution in [0.4, 0.5) is 0 Å². The van der Waals surface area contributed by atoms with Gasteiger partial charge in [0.1, 0.15) is 5.76 Å². The molecule has 1 rings (SSSR count). The first-order valence-electron chi connectivity index (χ1n) is 4.11. The summed E-state index contributed by atoms with van der Waals surface area (Å²) < 4.78 is 5.18. The molecule has 0 spiro atoms. The largest absolute Gasteiger partial charge is 0.456 e. The zero-order valence-corrected chi connectivity index (χ0v) is 7.83. The Morgan fingerprint density at radius 2 is 2.23 bits per heavy atom.